The monoisotopic (exact) mass is 603 g/mol. The van der Waals surface area contributed by atoms with Crippen molar-refractivity contribution < 1.29 is 33.6 Å². The smallest absolute Gasteiger partial charge is 0.286 e. The average molecular weight is 604 g/mol. The molecule has 234 valence electrons. The molecule has 1 heterocycles. The molecule has 0 bridgehead atoms. The molecule has 0 saturated heterocycles. The Balaban J connectivity index is 1.39. The fourth-order valence-corrected chi connectivity index (χ4v) is 4.95. The third-order valence-electron chi connectivity index (χ3n) is 7.21. The topological polar surface area (TPSA) is 141 Å². The molecular weight excluding hydrogens is 562 g/mol. The quantitative estimate of drug-likeness (QED) is 0.141. The van der Waals surface area contributed by atoms with Crippen LogP contribution in [0, 0.1) is 5.92 Å². The number of aliphatic hydroxyl groups is 1. The van der Waals surface area contributed by atoms with Gasteiger partial charge in [0.2, 0.25) is 6.29 Å². The highest BCUT2D eigenvalue weighted by Gasteiger charge is 2.38. The van der Waals surface area contributed by atoms with Crippen LogP contribution in [0.4, 0.5) is 11.4 Å². The first-order valence-electron chi connectivity index (χ1n) is 14.8. The minimum absolute atomic E-state index is 0.0209. The molecule has 10 nitrogen and oxygen atoms in total. The Morgan fingerprint density at radius 2 is 1.59 bits per heavy atom. The standard InChI is InChI=1S/C34H41N3O7/c1-2-43-34-27(16-18-41-20-21-42-19-17-38)28(25-8-4-3-5-9-25)22-31(44-34)33(40)36-23-24-12-14-26(15-13-24)32(39)37-30-11-7-6-10-29(30)35/h3-15,22,27-28,34,38H,2,16-21,23,35H2,1H3,(H,36,40)(H,37,39)/t27-,28+,34+/m0/s1. The zero-order valence-corrected chi connectivity index (χ0v) is 24.9. The predicted molar refractivity (Wildman–Crippen MR) is 168 cm³/mol. The maximum Gasteiger partial charge on any atom is 0.286 e. The van der Waals surface area contributed by atoms with Gasteiger partial charge in [0.05, 0.1) is 37.8 Å². The Morgan fingerprint density at radius 1 is 0.886 bits per heavy atom. The van der Waals surface area contributed by atoms with Crippen molar-refractivity contribution in [1.82, 2.24) is 5.32 Å². The highest BCUT2D eigenvalue weighted by Crippen LogP contribution is 2.38. The van der Waals surface area contributed by atoms with Crippen LogP contribution in [0.15, 0.2) is 90.7 Å². The third-order valence-corrected chi connectivity index (χ3v) is 7.21. The zero-order chi connectivity index (χ0) is 31.1. The molecule has 0 unspecified atom stereocenters. The summed E-state index contributed by atoms with van der Waals surface area (Å²) in [6, 6.07) is 24.0. The summed E-state index contributed by atoms with van der Waals surface area (Å²) in [6.45, 7) is 4.11. The number of aliphatic hydroxyl groups excluding tert-OH is 1. The molecule has 3 atom stereocenters. The summed E-state index contributed by atoms with van der Waals surface area (Å²) in [4.78, 5) is 26.0. The number of nitrogen functional groups attached to an aromatic ring is 1. The summed E-state index contributed by atoms with van der Waals surface area (Å²) < 4.78 is 23.1. The van der Waals surface area contributed by atoms with Gasteiger partial charge < -0.3 is 40.4 Å². The van der Waals surface area contributed by atoms with E-state index in [1.807, 2.05) is 43.3 Å². The highest BCUT2D eigenvalue weighted by molar-refractivity contribution is 6.05. The van der Waals surface area contributed by atoms with E-state index in [0.717, 1.165) is 11.1 Å². The molecule has 0 radical (unpaired) electrons. The fourth-order valence-electron chi connectivity index (χ4n) is 4.95. The van der Waals surface area contributed by atoms with Gasteiger partial charge in [-0.15, -0.1) is 0 Å². The largest absolute Gasteiger partial charge is 0.459 e. The van der Waals surface area contributed by atoms with Gasteiger partial charge in [-0.3, -0.25) is 9.59 Å². The van der Waals surface area contributed by atoms with Gasteiger partial charge in [-0.2, -0.15) is 0 Å². The normalized spacial score (nSPS) is 17.8. The summed E-state index contributed by atoms with van der Waals surface area (Å²) in [7, 11) is 0. The number of para-hydroxylation sites is 2. The minimum Gasteiger partial charge on any atom is -0.459 e. The van der Waals surface area contributed by atoms with Crippen molar-refractivity contribution in [2.75, 3.05) is 50.7 Å². The van der Waals surface area contributed by atoms with Crippen LogP contribution in [-0.4, -0.2) is 62.9 Å². The molecule has 44 heavy (non-hydrogen) atoms. The summed E-state index contributed by atoms with van der Waals surface area (Å²) in [6.07, 6.45) is 1.87. The fraction of sp³-hybridized carbons (Fsp3) is 0.353. The van der Waals surface area contributed by atoms with Crippen molar-refractivity contribution in [2.24, 2.45) is 5.92 Å². The first kappa shape index (κ1) is 32.7. The second-order valence-electron chi connectivity index (χ2n) is 10.2. The van der Waals surface area contributed by atoms with Crippen molar-refractivity contribution in [2.45, 2.75) is 32.1 Å². The van der Waals surface area contributed by atoms with Gasteiger partial charge in [0.25, 0.3) is 11.8 Å². The van der Waals surface area contributed by atoms with E-state index in [4.69, 9.17) is 29.8 Å². The van der Waals surface area contributed by atoms with E-state index in [1.165, 1.54) is 0 Å². The minimum atomic E-state index is -0.637. The molecule has 0 spiro atoms. The van der Waals surface area contributed by atoms with E-state index >= 15 is 0 Å². The molecule has 0 aromatic heterocycles. The van der Waals surface area contributed by atoms with Gasteiger partial charge in [0.1, 0.15) is 0 Å². The number of nitrogens with two attached hydrogens (primary N) is 1. The number of allylic oxidation sites excluding steroid dienone is 1. The lowest BCUT2D eigenvalue weighted by atomic mass is 9.81. The summed E-state index contributed by atoms with van der Waals surface area (Å²) in [5, 5.41) is 14.6. The predicted octanol–water partition coefficient (Wildman–Crippen LogP) is 4.23. The zero-order valence-electron chi connectivity index (χ0n) is 24.9. The Labute approximate surface area is 258 Å². The molecule has 10 heteroatoms. The third kappa shape index (κ3) is 9.39. The van der Waals surface area contributed by atoms with Gasteiger partial charge in [0.15, 0.2) is 5.76 Å². The molecule has 2 amide bonds. The Kier molecular flexibility index (Phi) is 12.8. The van der Waals surface area contributed by atoms with Crippen LogP contribution in [0.25, 0.3) is 0 Å². The number of hydrogen-bond acceptors (Lipinski definition) is 8. The molecule has 0 saturated carbocycles. The van der Waals surface area contributed by atoms with E-state index < -0.39 is 6.29 Å². The Hall–Kier alpha value is -4.22. The van der Waals surface area contributed by atoms with Crippen LogP contribution in [0.5, 0.6) is 0 Å². The number of carbonyl (C=O) groups is 2. The van der Waals surface area contributed by atoms with Crippen molar-refractivity contribution >= 4 is 23.2 Å². The van der Waals surface area contributed by atoms with Crippen molar-refractivity contribution in [1.29, 1.82) is 0 Å². The molecular formula is C34H41N3O7. The van der Waals surface area contributed by atoms with Crippen LogP contribution in [-0.2, 0) is 30.3 Å². The molecule has 4 rings (SSSR count). The number of carbonyl (C=O) groups excluding carboxylic acids is 2. The van der Waals surface area contributed by atoms with E-state index in [9.17, 15) is 9.59 Å². The summed E-state index contributed by atoms with van der Waals surface area (Å²) >= 11 is 0. The van der Waals surface area contributed by atoms with E-state index in [0.29, 0.717) is 49.8 Å². The molecule has 5 N–H and O–H groups in total. The average Bonchev–Trinajstić information content (AvgIpc) is 3.05. The van der Waals surface area contributed by atoms with Crippen LogP contribution in [0.1, 0.15) is 40.7 Å². The molecule has 0 fully saturated rings. The highest BCUT2D eigenvalue weighted by atomic mass is 16.7. The van der Waals surface area contributed by atoms with Gasteiger partial charge in [-0.05, 0) is 54.8 Å². The lowest BCUT2D eigenvalue weighted by Gasteiger charge is -2.37. The number of rotatable bonds is 16. The second-order valence-corrected chi connectivity index (χ2v) is 10.2. The lowest BCUT2D eigenvalue weighted by Crippen LogP contribution is -2.39. The molecule has 3 aromatic rings. The van der Waals surface area contributed by atoms with Crippen molar-refractivity contribution in [3.63, 3.8) is 0 Å². The number of nitrogens with one attached hydrogen (secondary N) is 2. The molecule has 3 aromatic carbocycles. The van der Waals surface area contributed by atoms with E-state index in [2.05, 4.69) is 10.6 Å². The summed E-state index contributed by atoms with van der Waals surface area (Å²) in [5.74, 6) is -0.649. The SMILES string of the molecule is CCO[C@@H]1OC(C(=O)NCc2ccc(C(=O)Nc3ccccc3N)cc2)=C[C@H](c2ccccc2)[C@@H]1CCOCCOCCO. The van der Waals surface area contributed by atoms with Crippen LogP contribution in [0.3, 0.4) is 0 Å². The van der Waals surface area contributed by atoms with Crippen LogP contribution in [0.2, 0.25) is 0 Å². The first-order chi connectivity index (χ1) is 21.5. The maximum absolute atomic E-state index is 13.3. The number of amides is 2. The first-order valence-corrected chi connectivity index (χ1v) is 14.8. The van der Waals surface area contributed by atoms with Crippen LogP contribution < -0.4 is 16.4 Å². The Bertz CT molecular complexity index is 1360. The van der Waals surface area contributed by atoms with Crippen molar-refractivity contribution in [3.8, 4) is 0 Å². The summed E-state index contributed by atoms with van der Waals surface area (Å²) in [5.41, 5.74) is 9.31. The number of ether oxygens (including phenoxy) is 4. The maximum atomic E-state index is 13.3. The number of anilines is 2. The lowest BCUT2D eigenvalue weighted by molar-refractivity contribution is -0.168. The number of benzene rings is 3. The molecule has 0 aliphatic carbocycles. The number of hydrogen-bond donors (Lipinski definition) is 4. The van der Waals surface area contributed by atoms with Gasteiger partial charge >= 0.3 is 0 Å². The van der Waals surface area contributed by atoms with Gasteiger partial charge in [0, 0.05) is 37.2 Å². The molecule has 1 aliphatic rings. The van der Waals surface area contributed by atoms with Crippen molar-refractivity contribution in [3.05, 3.63) is 107 Å². The van der Waals surface area contributed by atoms with Gasteiger partial charge in [-0.1, -0.05) is 54.6 Å². The molecule has 1 aliphatic heterocycles. The van der Waals surface area contributed by atoms with E-state index in [1.54, 1.807) is 48.5 Å². The second kappa shape index (κ2) is 17.2. The van der Waals surface area contributed by atoms with Gasteiger partial charge in [-0.25, -0.2) is 0 Å². The van der Waals surface area contributed by atoms with E-state index in [-0.39, 0.29) is 49.2 Å². The van der Waals surface area contributed by atoms with Crippen LogP contribution >= 0.6 is 0 Å². The Morgan fingerprint density at radius 3 is 2.30 bits per heavy atom.